The summed E-state index contributed by atoms with van der Waals surface area (Å²) in [6.45, 7) is 2.94. The summed E-state index contributed by atoms with van der Waals surface area (Å²) in [6.07, 6.45) is 7.42. The molecule has 206 valence electrons. The van der Waals surface area contributed by atoms with Crippen LogP contribution in [0.1, 0.15) is 42.9 Å². The molecule has 0 unspecified atom stereocenters. The molecule has 40 heavy (non-hydrogen) atoms. The van der Waals surface area contributed by atoms with Crippen molar-refractivity contribution in [2.45, 2.75) is 52.2 Å². The van der Waals surface area contributed by atoms with Gasteiger partial charge in [-0.1, -0.05) is 30.3 Å². The van der Waals surface area contributed by atoms with Crippen LogP contribution in [0.15, 0.2) is 71.7 Å². The number of nitrogens with one attached hydrogen (secondary N) is 1. The number of hydrogen-bond donors (Lipinski definition) is 3. The smallest absolute Gasteiger partial charge is 0.300 e. The molecule has 0 bridgehead atoms. The molecule has 3 aromatic carbocycles. The summed E-state index contributed by atoms with van der Waals surface area (Å²) in [7, 11) is 0. The van der Waals surface area contributed by atoms with E-state index >= 15 is 0 Å². The predicted octanol–water partition coefficient (Wildman–Crippen LogP) is 5.44. The molecular formula is C32H34N4O4. The van der Waals surface area contributed by atoms with Crippen molar-refractivity contribution >= 4 is 27.9 Å². The second-order valence-electron chi connectivity index (χ2n) is 10.1. The van der Waals surface area contributed by atoms with Crippen molar-refractivity contribution < 1.29 is 14.6 Å². The topological polar surface area (TPSA) is 123 Å². The molecule has 0 aliphatic heterocycles. The molecule has 0 saturated heterocycles. The maximum Gasteiger partial charge on any atom is 0.300 e. The normalized spacial score (nSPS) is 12.6. The highest BCUT2D eigenvalue weighted by molar-refractivity contribution is 5.96. The molecule has 4 N–H and O–H groups in total. The zero-order valence-corrected chi connectivity index (χ0v) is 22.7. The van der Waals surface area contributed by atoms with Gasteiger partial charge in [0.2, 0.25) is 0 Å². The first-order valence-electron chi connectivity index (χ1n) is 13.7. The van der Waals surface area contributed by atoms with Crippen LogP contribution >= 0.6 is 0 Å². The van der Waals surface area contributed by atoms with E-state index in [1.807, 2.05) is 42.6 Å². The fraction of sp³-hybridized carbons (Fsp3) is 0.281. The lowest BCUT2D eigenvalue weighted by Gasteiger charge is -2.16. The number of carboxylic acids is 1. The van der Waals surface area contributed by atoms with E-state index in [1.165, 1.54) is 24.0 Å². The molecule has 0 spiro atoms. The molecular weight excluding hydrogens is 504 g/mol. The Morgan fingerprint density at radius 3 is 2.52 bits per heavy atom. The molecule has 0 atom stereocenters. The summed E-state index contributed by atoms with van der Waals surface area (Å²) in [4.78, 5) is 30.2. The monoisotopic (exact) mass is 538 g/mol. The predicted molar refractivity (Wildman–Crippen MR) is 158 cm³/mol. The summed E-state index contributed by atoms with van der Waals surface area (Å²) >= 11 is 0. The number of carbonyl (C=O) groups is 1. The van der Waals surface area contributed by atoms with Gasteiger partial charge in [-0.15, -0.1) is 0 Å². The number of ether oxygens (including phenoxy) is 1. The Bertz CT molecular complexity index is 1700. The highest BCUT2D eigenvalue weighted by Gasteiger charge is 2.18. The van der Waals surface area contributed by atoms with Crippen LogP contribution in [0.2, 0.25) is 0 Å². The average molecular weight is 539 g/mol. The van der Waals surface area contributed by atoms with Crippen LogP contribution in [0, 0.1) is 0 Å². The molecule has 1 aliphatic rings. The number of benzene rings is 3. The third-order valence-electron chi connectivity index (χ3n) is 7.12. The van der Waals surface area contributed by atoms with Crippen molar-refractivity contribution in [2.24, 2.45) is 5.73 Å². The molecule has 2 aromatic heterocycles. The van der Waals surface area contributed by atoms with Gasteiger partial charge in [-0.3, -0.25) is 9.59 Å². The molecule has 0 saturated carbocycles. The van der Waals surface area contributed by atoms with E-state index in [0.29, 0.717) is 18.8 Å². The van der Waals surface area contributed by atoms with Gasteiger partial charge in [0, 0.05) is 36.7 Å². The number of nitrogens with zero attached hydrogens (tertiary/aromatic N) is 2. The minimum absolute atomic E-state index is 0.166. The van der Waals surface area contributed by atoms with Gasteiger partial charge in [-0.25, -0.2) is 4.98 Å². The fourth-order valence-corrected chi connectivity index (χ4v) is 5.24. The van der Waals surface area contributed by atoms with Crippen molar-refractivity contribution in [3.05, 3.63) is 93.9 Å². The minimum Gasteiger partial charge on any atom is -0.489 e. The van der Waals surface area contributed by atoms with Crippen LogP contribution in [0.25, 0.3) is 33.2 Å². The molecule has 0 radical (unpaired) electrons. The molecule has 5 aromatic rings. The largest absolute Gasteiger partial charge is 0.489 e. The van der Waals surface area contributed by atoms with E-state index < -0.39 is 5.97 Å². The number of aryl methyl sites for hydroxylation is 3. The Morgan fingerprint density at radius 1 is 1.07 bits per heavy atom. The van der Waals surface area contributed by atoms with Crippen molar-refractivity contribution in [3.63, 3.8) is 0 Å². The second kappa shape index (κ2) is 12.2. The third kappa shape index (κ3) is 6.07. The average Bonchev–Trinajstić information content (AvgIpc) is 3.31. The molecule has 0 fully saturated rings. The molecule has 6 rings (SSSR count). The molecule has 2 heterocycles. The quantitative estimate of drug-likeness (QED) is 0.253. The Labute approximate surface area is 232 Å². The number of hydrogen-bond acceptors (Lipinski definition) is 5. The Morgan fingerprint density at radius 2 is 1.80 bits per heavy atom. The van der Waals surface area contributed by atoms with Gasteiger partial charge in [-0.05, 0) is 79.6 Å². The molecule has 1 aliphatic carbocycles. The number of aliphatic carboxylic acids is 1. The minimum atomic E-state index is -0.833. The number of fused-ring (bicyclic) bond motifs is 3. The van der Waals surface area contributed by atoms with E-state index in [9.17, 15) is 4.79 Å². The van der Waals surface area contributed by atoms with Crippen molar-refractivity contribution in [2.75, 3.05) is 6.54 Å². The second-order valence-corrected chi connectivity index (χ2v) is 10.1. The van der Waals surface area contributed by atoms with Crippen LogP contribution in [-0.4, -0.2) is 32.2 Å². The van der Waals surface area contributed by atoms with Crippen molar-refractivity contribution in [1.29, 1.82) is 0 Å². The number of aromatic nitrogens is 3. The first kappa shape index (κ1) is 27.1. The third-order valence-corrected chi connectivity index (χ3v) is 7.12. The standard InChI is InChI=1S/C30H30N4O2.C2H4O2/c31-13-6-14-34-18-25(24-12-11-23(17-28(24)34)36-19-20-7-2-1-3-8-20)29-30(35)33-27-16-22-10-5-4-9-21(22)15-26(27)32-29;1-2(3)4/h1-3,7-8,11-12,15-18H,4-6,9-10,13-14,19,31H2,(H,33,35);1H3,(H,3,4). The Hall–Kier alpha value is -4.43. The first-order valence-corrected chi connectivity index (χ1v) is 13.7. The zero-order valence-electron chi connectivity index (χ0n) is 22.7. The SMILES string of the molecule is CC(=O)O.NCCCn1cc(-c2nc3cc4c(cc3[nH]c2=O)CCCC4)c2ccc(OCc3ccccc3)cc21. The maximum atomic E-state index is 13.2. The number of aromatic amines is 1. The number of nitrogens with two attached hydrogens (primary N) is 1. The Balaban J connectivity index is 0.000000758. The lowest BCUT2D eigenvalue weighted by Crippen LogP contribution is -2.13. The van der Waals surface area contributed by atoms with Gasteiger partial charge in [0.1, 0.15) is 18.1 Å². The van der Waals surface area contributed by atoms with Gasteiger partial charge < -0.3 is 25.1 Å². The molecule has 0 amide bonds. The molecule has 8 nitrogen and oxygen atoms in total. The summed E-state index contributed by atoms with van der Waals surface area (Å²) in [5.41, 5.74) is 13.4. The van der Waals surface area contributed by atoms with Crippen LogP contribution in [0.4, 0.5) is 0 Å². The summed E-state index contributed by atoms with van der Waals surface area (Å²) in [6, 6.07) is 20.4. The van der Waals surface area contributed by atoms with E-state index in [-0.39, 0.29) is 5.56 Å². The fourth-order valence-electron chi connectivity index (χ4n) is 5.24. The summed E-state index contributed by atoms with van der Waals surface area (Å²) in [5, 5.41) is 8.40. The van der Waals surface area contributed by atoms with Crippen molar-refractivity contribution in [1.82, 2.24) is 14.5 Å². The van der Waals surface area contributed by atoms with Crippen molar-refractivity contribution in [3.8, 4) is 17.0 Å². The van der Waals surface area contributed by atoms with E-state index in [2.05, 4.69) is 33.8 Å². The van der Waals surface area contributed by atoms with E-state index in [1.54, 1.807) is 0 Å². The van der Waals surface area contributed by atoms with Gasteiger partial charge in [-0.2, -0.15) is 0 Å². The van der Waals surface area contributed by atoms with Gasteiger partial charge in [0.15, 0.2) is 0 Å². The maximum absolute atomic E-state index is 13.2. The zero-order chi connectivity index (χ0) is 28.1. The van der Waals surface area contributed by atoms with E-state index in [0.717, 1.165) is 71.5 Å². The molecule has 8 heteroatoms. The number of carboxylic acid groups (broad SMARTS) is 1. The number of rotatable bonds is 7. The van der Waals surface area contributed by atoms with Crippen LogP contribution in [-0.2, 0) is 30.8 Å². The van der Waals surface area contributed by atoms with Crippen LogP contribution in [0.3, 0.4) is 0 Å². The van der Waals surface area contributed by atoms with Crippen LogP contribution < -0.4 is 16.0 Å². The van der Waals surface area contributed by atoms with Crippen LogP contribution in [0.5, 0.6) is 5.75 Å². The highest BCUT2D eigenvalue weighted by atomic mass is 16.5. The highest BCUT2D eigenvalue weighted by Crippen LogP contribution is 2.32. The van der Waals surface area contributed by atoms with E-state index in [4.69, 9.17) is 25.4 Å². The van der Waals surface area contributed by atoms with Gasteiger partial charge in [0.05, 0.1) is 16.6 Å². The van der Waals surface area contributed by atoms with Gasteiger partial charge >= 0.3 is 0 Å². The summed E-state index contributed by atoms with van der Waals surface area (Å²) in [5.74, 6) is -0.0444. The van der Waals surface area contributed by atoms with Gasteiger partial charge in [0.25, 0.3) is 11.5 Å². The first-order chi connectivity index (χ1) is 19.4. The number of H-pyrrole nitrogens is 1. The lowest BCUT2D eigenvalue weighted by atomic mass is 9.91. The summed E-state index contributed by atoms with van der Waals surface area (Å²) < 4.78 is 8.25. The lowest BCUT2D eigenvalue weighted by molar-refractivity contribution is -0.134. The Kier molecular flexibility index (Phi) is 8.26.